The van der Waals surface area contributed by atoms with Crippen molar-refractivity contribution in [1.82, 2.24) is 0 Å². The highest BCUT2D eigenvalue weighted by Crippen LogP contribution is 2.44. The van der Waals surface area contributed by atoms with Gasteiger partial charge in [0.05, 0.1) is 0 Å². The maximum absolute atomic E-state index is 5.58. The summed E-state index contributed by atoms with van der Waals surface area (Å²) in [4.78, 5) is 1.42. The number of rotatable bonds is 2. The van der Waals surface area contributed by atoms with Crippen molar-refractivity contribution < 1.29 is 0 Å². The molecule has 1 unspecified atom stereocenters. The molecule has 2 N–H and O–H groups in total. The van der Waals surface area contributed by atoms with Gasteiger partial charge in [0.15, 0.2) is 0 Å². The Balaban J connectivity index is 2.32. The fourth-order valence-electron chi connectivity index (χ4n) is 1.71. The number of hydrogen-bond donors (Lipinski definition) is 1. The molecular weight excluding hydrogens is 246 g/mol. The maximum atomic E-state index is 5.58. The molecule has 0 aliphatic carbocycles. The Hall–Kier alpha value is 0.0100. The molecule has 0 fully saturated rings. The zero-order valence-electron chi connectivity index (χ0n) is 7.29. The van der Waals surface area contributed by atoms with E-state index in [0.29, 0.717) is 5.92 Å². The highest BCUT2D eigenvalue weighted by atomic mass is 79.9. The van der Waals surface area contributed by atoms with Gasteiger partial charge < -0.3 is 5.73 Å². The predicted molar refractivity (Wildman–Crippen MR) is 61.3 cm³/mol. The Morgan fingerprint density at radius 3 is 3.15 bits per heavy atom. The van der Waals surface area contributed by atoms with Crippen molar-refractivity contribution in [3.63, 3.8) is 0 Å². The van der Waals surface area contributed by atoms with Crippen LogP contribution in [0.4, 0.5) is 0 Å². The molecule has 0 amide bonds. The van der Waals surface area contributed by atoms with Gasteiger partial charge in [-0.15, -0.1) is 11.8 Å². The van der Waals surface area contributed by atoms with E-state index in [9.17, 15) is 0 Å². The summed E-state index contributed by atoms with van der Waals surface area (Å²) < 4.78 is 1.23. The lowest BCUT2D eigenvalue weighted by atomic mass is 9.98. The molecule has 1 aliphatic rings. The number of thioether (sulfide) groups is 1. The van der Waals surface area contributed by atoms with Crippen molar-refractivity contribution in [2.75, 3.05) is 12.3 Å². The first-order valence-electron chi connectivity index (χ1n) is 4.44. The lowest BCUT2D eigenvalue weighted by Crippen LogP contribution is -2.06. The van der Waals surface area contributed by atoms with Crippen LogP contribution in [-0.2, 0) is 0 Å². The Morgan fingerprint density at radius 1 is 1.54 bits per heavy atom. The van der Waals surface area contributed by atoms with Gasteiger partial charge in [-0.2, -0.15) is 0 Å². The monoisotopic (exact) mass is 257 g/mol. The van der Waals surface area contributed by atoms with Gasteiger partial charge in [-0.1, -0.05) is 12.1 Å². The Morgan fingerprint density at radius 2 is 2.38 bits per heavy atom. The van der Waals surface area contributed by atoms with Gasteiger partial charge in [-0.25, -0.2) is 0 Å². The summed E-state index contributed by atoms with van der Waals surface area (Å²) in [7, 11) is 0. The van der Waals surface area contributed by atoms with Crippen LogP contribution in [0.5, 0.6) is 0 Å². The van der Waals surface area contributed by atoms with Crippen LogP contribution in [0.3, 0.4) is 0 Å². The third kappa shape index (κ3) is 1.78. The fourth-order valence-corrected chi connectivity index (χ4v) is 3.76. The summed E-state index contributed by atoms with van der Waals surface area (Å²) in [6.07, 6.45) is 1.11. The first kappa shape index (κ1) is 9.56. The average molecular weight is 258 g/mol. The molecule has 0 aromatic heterocycles. The summed E-state index contributed by atoms with van der Waals surface area (Å²) in [5, 5.41) is 0. The van der Waals surface area contributed by atoms with Crippen LogP contribution in [-0.4, -0.2) is 12.3 Å². The third-order valence-corrected chi connectivity index (χ3v) is 4.62. The number of hydrogen-bond acceptors (Lipinski definition) is 2. The summed E-state index contributed by atoms with van der Waals surface area (Å²) >= 11 is 5.51. The SMILES string of the molecule is NCCC1CSc2c(Br)cccc21. The van der Waals surface area contributed by atoms with Crippen LogP contribution in [0.15, 0.2) is 27.6 Å². The lowest BCUT2D eigenvalue weighted by molar-refractivity contribution is 0.700. The largest absolute Gasteiger partial charge is 0.330 e. The molecule has 1 aromatic carbocycles. The highest BCUT2D eigenvalue weighted by molar-refractivity contribution is 9.10. The van der Waals surface area contributed by atoms with Crippen LogP contribution in [0.25, 0.3) is 0 Å². The molecule has 1 heterocycles. The molecule has 0 spiro atoms. The molecule has 1 aromatic rings. The Labute approximate surface area is 91.2 Å². The molecule has 1 atom stereocenters. The van der Waals surface area contributed by atoms with Gasteiger partial charge in [-0.05, 0) is 46.4 Å². The Kier molecular flexibility index (Phi) is 2.96. The zero-order chi connectivity index (χ0) is 9.26. The molecule has 3 heteroatoms. The van der Waals surface area contributed by atoms with Gasteiger partial charge in [-0.3, -0.25) is 0 Å². The van der Waals surface area contributed by atoms with Crippen LogP contribution < -0.4 is 5.73 Å². The number of halogens is 1. The van der Waals surface area contributed by atoms with E-state index < -0.39 is 0 Å². The third-order valence-electron chi connectivity index (χ3n) is 2.38. The van der Waals surface area contributed by atoms with Gasteiger partial charge in [0.2, 0.25) is 0 Å². The lowest BCUT2D eigenvalue weighted by Gasteiger charge is -2.08. The van der Waals surface area contributed by atoms with E-state index in [1.807, 2.05) is 11.8 Å². The number of fused-ring (bicyclic) bond motifs is 1. The minimum absolute atomic E-state index is 0.669. The molecule has 0 bridgehead atoms. The molecule has 70 valence electrons. The van der Waals surface area contributed by atoms with Crippen LogP contribution in [0, 0.1) is 0 Å². The van der Waals surface area contributed by atoms with E-state index in [4.69, 9.17) is 5.73 Å². The molecule has 2 rings (SSSR count). The van der Waals surface area contributed by atoms with Gasteiger partial charge in [0, 0.05) is 15.1 Å². The molecule has 1 nitrogen and oxygen atoms in total. The fraction of sp³-hybridized carbons (Fsp3) is 0.400. The molecule has 0 radical (unpaired) electrons. The molecule has 0 saturated carbocycles. The van der Waals surface area contributed by atoms with E-state index in [-0.39, 0.29) is 0 Å². The van der Waals surface area contributed by atoms with E-state index in [1.165, 1.54) is 20.7 Å². The second kappa shape index (κ2) is 4.03. The quantitative estimate of drug-likeness (QED) is 0.882. The molecule has 1 aliphatic heterocycles. The van der Waals surface area contributed by atoms with Crippen molar-refractivity contribution in [2.45, 2.75) is 17.2 Å². The van der Waals surface area contributed by atoms with Crippen molar-refractivity contribution in [3.05, 3.63) is 28.2 Å². The highest BCUT2D eigenvalue weighted by Gasteiger charge is 2.23. The molecule has 13 heavy (non-hydrogen) atoms. The summed E-state index contributed by atoms with van der Waals surface area (Å²) in [5.41, 5.74) is 7.06. The van der Waals surface area contributed by atoms with Crippen molar-refractivity contribution in [1.29, 1.82) is 0 Å². The van der Waals surface area contributed by atoms with E-state index >= 15 is 0 Å². The minimum Gasteiger partial charge on any atom is -0.330 e. The first-order chi connectivity index (χ1) is 6.33. The average Bonchev–Trinajstić information content (AvgIpc) is 2.51. The minimum atomic E-state index is 0.669. The maximum Gasteiger partial charge on any atom is 0.0314 e. The molecule has 0 saturated heterocycles. The van der Waals surface area contributed by atoms with Gasteiger partial charge in [0.1, 0.15) is 0 Å². The smallest absolute Gasteiger partial charge is 0.0314 e. The van der Waals surface area contributed by atoms with Crippen LogP contribution >= 0.6 is 27.7 Å². The van der Waals surface area contributed by atoms with E-state index in [1.54, 1.807) is 0 Å². The standard InChI is InChI=1S/C10H12BrNS/c11-9-3-1-2-8-7(4-5-12)6-13-10(8)9/h1-3,7H,4-6,12H2. The summed E-state index contributed by atoms with van der Waals surface area (Å²) in [5.74, 6) is 1.86. The van der Waals surface area contributed by atoms with Crippen molar-refractivity contribution in [2.24, 2.45) is 5.73 Å². The van der Waals surface area contributed by atoms with Crippen LogP contribution in [0.2, 0.25) is 0 Å². The number of benzene rings is 1. The predicted octanol–water partition coefficient (Wildman–Crippen LogP) is 2.99. The first-order valence-corrected chi connectivity index (χ1v) is 6.22. The Bertz CT molecular complexity index is 314. The number of nitrogens with two attached hydrogens (primary N) is 1. The van der Waals surface area contributed by atoms with E-state index in [2.05, 4.69) is 34.1 Å². The van der Waals surface area contributed by atoms with Gasteiger partial charge >= 0.3 is 0 Å². The van der Waals surface area contributed by atoms with Crippen molar-refractivity contribution in [3.8, 4) is 0 Å². The topological polar surface area (TPSA) is 26.0 Å². The molecular formula is C10H12BrNS. The van der Waals surface area contributed by atoms with Crippen LogP contribution in [0.1, 0.15) is 17.9 Å². The summed E-state index contributed by atoms with van der Waals surface area (Å²) in [6, 6.07) is 6.44. The second-order valence-electron chi connectivity index (χ2n) is 3.24. The van der Waals surface area contributed by atoms with Crippen molar-refractivity contribution >= 4 is 27.7 Å². The summed E-state index contributed by atoms with van der Waals surface area (Å²) in [6.45, 7) is 0.789. The normalized spacial score (nSPS) is 20.3. The van der Waals surface area contributed by atoms with Gasteiger partial charge in [0.25, 0.3) is 0 Å². The second-order valence-corrected chi connectivity index (χ2v) is 5.13. The zero-order valence-corrected chi connectivity index (χ0v) is 9.70. The van der Waals surface area contributed by atoms with E-state index in [0.717, 1.165) is 13.0 Å².